The zero-order valence-corrected chi connectivity index (χ0v) is 23.4. The Kier molecular flexibility index (Phi) is 7.91. The molecule has 0 aliphatic heterocycles. The van der Waals surface area contributed by atoms with Gasteiger partial charge >= 0.3 is 0 Å². The summed E-state index contributed by atoms with van der Waals surface area (Å²) in [4.78, 5) is 26.1. The summed E-state index contributed by atoms with van der Waals surface area (Å²) in [5, 5.41) is 11.0. The highest BCUT2D eigenvalue weighted by Crippen LogP contribution is 2.39. The van der Waals surface area contributed by atoms with Crippen LogP contribution in [0.15, 0.2) is 59.7 Å². The third kappa shape index (κ3) is 5.33. The van der Waals surface area contributed by atoms with Crippen molar-refractivity contribution in [1.82, 2.24) is 30.0 Å². The van der Waals surface area contributed by atoms with Crippen LogP contribution in [0.3, 0.4) is 0 Å². The van der Waals surface area contributed by atoms with Crippen molar-refractivity contribution < 1.29 is 13.5 Å². The predicted molar refractivity (Wildman–Crippen MR) is 155 cm³/mol. The smallest absolute Gasteiger partial charge is 0.280 e. The van der Waals surface area contributed by atoms with Gasteiger partial charge in [-0.15, -0.1) is 0 Å². The number of aromatic nitrogens is 5. The normalized spacial score (nSPS) is 11.3. The Morgan fingerprint density at radius 3 is 2.54 bits per heavy atom. The number of nitrogens with zero attached hydrogens (tertiary/aromatic N) is 5. The van der Waals surface area contributed by atoms with Gasteiger partial charge in [-0.25, -0.2) is 23.4 Å². The minimum Gasteiger partial charge on any atom is -0.480 e. The zero-order chi connectivity index (χ0) is 29.3. The van der Waals surface area contributed by atoms with E-state index in [4.69, 9.17) is 16.3 Å². The van der Waals surface area contributed by atoms with Crippen LogP contribution in [0.1, 0.15) is 23.4 Å². The summed E-state index contributed by atoms with van der Waals surface area (Å²) >= 11 is 6.94. The molecule has 0 saturated heterocycles. The number of anilines is 2. The number of aryl methyl sites for hydroxylation is 1. The van der Waals surface area contributed by atoms with Gasteiger partial charge in [0.1, 0.15) is 17.2 Å². The number of alkyl halides is 2. The Balaban J connectivity index is 1.60. The van der Waals surface area contributed by atoms with E-state index in [9.17, 15) is 13.6 Å². The van der Waals surface area contributed by atoms with E-state index in [1.54, 1.807) is 12.3 Å². The van der Waals surface area contributed by atoms with Gasteiger partial charge in [0.2, 0.25) is 5.88 Å². The van der Waals surface area contributed by atoms with E-state index in [-0.39, 0.29) is 16.6 Å². The van der Waals surface area contributed by atoms with Crippen molar-refractivity contribution in [3.63, 3.8) is 0 Å². The van der Waals surface area contributed by atoms with Crippen molar-refractivity contribution >= 4 is 33.9 Å². The molecule has 0 saturated carbocycles. The Labute approximate surface area is 239 Å². The van der Waals surface area contributed by atoms with Crippen molar-refractivity contribution in [3.8, 4) is 28.3 Å². The van der Waals surface area contributed by atoms with Crippen LogP contribution >= 0.6 is 11.6 Å². The minimum atomic E-state index is -2.83. The fourth-order valence-electron chi connectivity index (χ4n) is 4.58. The first-order valence-electron chi connectivity index (χ1n) is 12.6. The lowest BCUT2D eigenvalue weighted by molar-refractivity contribution is 0.146. The molecule has 12 heteroatoms. The first kappa shape index (κ1) is 28.1. The molecule has 0 aliphatic rings. The first-order chi connectivity index (χ1) is 19.7. The van der Waals surface area contributed by atoms with Crippen molar-refractivity contribution in [2.75, 3.05) is 19.5 Å². The number of rotatable bonds is 8. The second-order valence-corrected chi connectivity index (χ2v) is 9.62. The summed E-state index contributed by atoms with van der Waals surface area (Å²) in [7, 11) is 4.83. The van der Waals surface area contributed by atoms with Crippen LogP contribution in [0.2, 0.25) is 5.02 Å². The van der Waals surface area contributed by atoms with Gasteiger partial charge in [0.25, 0.3) is 12.0 Å². The van der Waals surface area contributed by atoms with Crippen LogP contribution < -0.4 is 20.9 Å². The molecule has 210 valence electrons. The maximum atomic E-state index is 13.7. The number of benzene rings is 2. The molecule has 3 heterocycles. The predicted octanol–water partition coefficient (Wildman–Crippen LogP) is 5.82. The van der Waals surface area contributed by atoms with Crippen molar-refractivity contribution in [2.24, 2.45) is 7.05 Å². The number of fused-ring (bicyclic) bond motifs is 1. The largest absolute Gasteiger partial charge is 0.480 e. The lowest BCUT2D eigenvalue weighted by Gasteiger charge is -2.17. The average Bonchev–Trinajstić information content (AvgIpc) is 2.96. The standard InChI is InChI=1S/C29H26ClF2N7O2/c1-15-17(18-8-5-9-19(25(18)30)22-14-34-23(13-33-2)28(38-22)41-4)7-6-10-20(15)36-27-24-16(11-21(37-27)26(31)32)12-35-39(3)29(24)40/h5-12,14,26,33H,13H2,1-4H3,(H,36,37). The number of ether oxygens (including phenoxy) is 1. The Bertz CT molecular complexity index is 1830. The second kappa shape index (κ2) is 11.6. The average molecular weight is 578 g/mol. The molecule has 0 bridgehead atoms. The number of pyridine rings is 1. The molecule has 9 nitrogen and oxygen atoms in total. The first-order valence-corrected chi connectivity index (χ1v) is 13.0. The van der Waals surface area contributed by atoms with Gasteiger partial charge in [0.15, 0.2) is 0 Å². The molecule has 5 rings (SSSR count). The fourth-order valence-corrected chi connectivity index (χ4v) is 4.91. The lowest BCUT2D eigenvalue weighted by Crippen LogP contribution is -2.20. The third-order valence-corrected chi connectivity index (χ3v) is 7.08. The van der Waals surface area contributed by atoms with Crippen LogP contribution in [-0.4, -0.2) is 38.9 Å². The highest BCUT2D eigenvalue weighted by atomic mass is 35.5. The summed E-state index contributed by atoms with van der Waals surface area (Å²) in [6, 6.07) is 12.3. The summed E-state index contributed by atoms with van der Waals surface area (Å²) in [5.74, 6) is 0.415. The topological polar surface area (TPSA) is 107 Å². The van der Waals surface area contributed by atoms with Crippen LogP contribution in [0.25, 0.3) is 33.2 Å². The van der Waals surface area contributed by atoms with E-state index in [0.717, 1.165) is 21.4 Å². The van der Waals surface area contributed by atoms with Gasteiger partial charge in [-0.05, 0) is 37.2 Å². The Hall–Kier alpha value is -4.48. The van der Waals surface area contributed by atoms with E-state index >= 15 is 0 Å². The van der Waals surface area contributed by atoms with Crippen LogP contribution in [-0.2, 0) is 13.6 Å². The molecule has 0 aliphatic carbocycles. The summed E-state index contributed by atoms with van der Waals surface area (Å²) in [5.41, 5.74) is 3.81. The van der Waals surface area contributed by atoms with Gasteiger partial charge in [0.05, 0.1) is 35.6 Å². The van der Waals surface area contributed by atoms with E-state index in [2.05, 4.69) is 30.7 Å². The highest BCUT2D eigenvalue weighted by molar-refractivity contribution is 6.36. The Morgan fingerprint density at radius 2 is 1.80 bits per heavy atom. The summed E-state index contributed by atoms with van der Waals surface area (Å²) in [6.45, 7) is 2.37. The van der Waals surface area contributed by atoms with Crippen LogP contribution in [0.4, 0.5) is 20.3 Å². The number of nitrogens with one attached hydrogen (secondary N) is 2. The maximum Gasteiger partial charge on any atom is 0.280 e. The number of methoxy groups -OCH3 is 1. The van der Waals surface area contributed by atoms with E-state index in [1.807, 2.05) is 44.3 Å². The summed E-state index contributed by atoms with van der Waals surface area (Å²) in [6.07, 6.45) is 0.187. The molecule has 2 aromatic carbocycles. The van der Waals surface area contributed by atoms with Gasteiger partial charge in [-0.3, -0.25) is 9.78 Å². The lowest BCUT2D eigenvalue weighted by atomic mass is 9.96. The van der Waals surface area contributed by atoms with Crippen LogP contribution in [0.5, 0.6) is 5.88 Å². The van der Waals surface area contributed by atoms with E-state index in [0.29, 0.717) is 40.1 Å². The number of halogens is 3. The second-order valence-electron chi connectivity index (χ2n) is 9.25. The van der Waals surface area contributed by atoms with Crippen LogP contribution in [0, 0.1) is 6.92 Å². The SMILES string of the molecule is CNCc1ncc(-c2cccc(-c3cccc(Nc4nc(C(F)F)cc5cnn(C)c(=O)c45)c3C)c2Cl)nc1OC. The molecule has 0 amide bonds. The van der Waals surface area contributed by atoms with Crippen molar-refractivity contribution in [1.29, 1.82) is 0 Å². The van der Waals surface area contributed by atoms with E-state index in [1.165, 1.54) is 26.4 Å². The molecule has 0 fully saturated rings. The Morgan fingerprint density at radius 1 is 1.07 bits per heavy atom. The third-order valence-electron chi connectivity index (χ3n) is 6.67. The monoisotopic (exact) mass is 577 g/mol. The van der Waals surface area contributed by atoms with Gasteiger partial charge in [-0.2, -0.15) is 5.10 Å². The molecule has 0 atom stereocenters. The molecule has 41 heavy (non-hydrogen) atoms. The molecule has 3 aromatic heterocycles. The van der Waals surface area contributed by atoms with E-state index < -0.39 is 17.7 Å². The molecule has 5 aromatic rings. The quantitative estimate of drug-likeness (QED) is 0.237. The summed E-state index contributed by atoms with van der Waals surface area (Å²) < 4.78 is 33.9. The maximum absolute atomic E-state index is 13.7. The van der Waals surface area contributed by atoms with Crippen molar-refractivity contribution in [3.05, 3.63) is 87.2 Å². The van der Waals surface area contributed by atoms with Gasteiger partial charge in [0, 0.05) is 35.8 Å². The number of hydrogen-bond donors (Lipinski definition) is 2. The fraction of sp³-hybridized carbons (Fsp3) is 0.207. The van der Waals surface area contributed by atoms with Gasteiger partial charge < -0.3 is 15.4 Å². The zero-order valence-electron chi connectivity index (χ0n) is 22.7. The van der Waals surface area contributed by atoms with Crippen molar-refractivity contribution in [2.45, 2.75) is 19.9 Å². The molecule has 2 N–H and O–H groups in total. The highest BCUT2D eigenvalue weighted by Gasteiger charge is 2.19. The molecular weight excluding hydrogens is 552 g/mol. The van der Waals surface area contributed by atoms with Gasteiger partial charge in [-0.1, -0.05) is 41.9 Å². The number of hydrogen-bond acceptors (Lipinski definition) is 8. The molecule has 0 unspecified atom stereocenters. The molecular formula is C29H26ClF2N7O2. The molecule has 0 radical (unpaired) electrons. The molecule has 0 spiro atoms. The minimum absolute atomic E-state index is 0.0184.